The van der Waals surface area contributed by atoms with Crippen molar-refractivity contribution in [3.8, 4) is 0 Å². The lowest BCUT2D eigenvalue weighted by molar-refractivity contribution is -0.220. The Balaban J connectivity index is 2.12. The topological polar surface area (TPSA) is 83.8 Å². The summed E-state index contributed by atoms with van der Waals surface area (Å²) in [5, 5.41) is 21.4. The van der Waals surface area contributed by atoms with E-state index in [0.717, 1.165) is 0 Å². The van der Waals surface area contributed by atoms with E-state index >= 15 is 0 Å². The molecule has 0 aromatic rings. The molecular weight excluding hydrogens is 260 g/mol. The van der Waals surface area contributed by atoms with E-state index in [1.54, 1.807) is 6.92 Å². The Morgan fingerprint density at radius 1 is 1.35 bits per heavy atom. The van der Waals surface area contributed by atoms with Crippen LogP contribution >= 0.6 is 0 Å². The first-order valence-corrected chi connectivity index (χ1v) is 7.09. The van der Waals surface area contributed by atoms with Gasteiger partial charge in [0.1, 0.15) is 5.78 Å². The maximum absolute atomic E-state index is 12.0. The molecule has 0 aromatic carbocycles. The minimum absolute atomic E-state index is 0.0438. The molecular formula is C15H20O5. The van der Waals surface area contributed by atoms with Gasteiger partial charge in [0.05, 0.1) is 6.10 Å². The number of ketones is 1. The summed E-state index contributed by atoms with van der Waals surface area (Å²) < 4.78 is 5.09. The molecule has 2 aliphatic carbocycles. The van der Waals surface area contributed by atoms with E-state index in [1.165, 1.54) is 0 Å². The maximum atomic E-state index is 12.0. The van der Waals surface area contributed by atoms with Crippen molar-refractivity contribution >= 4 is 11.8 Å². The number of carbonyl (C=O) groups is 2. The second kappa shape index (κ2) is 3.92. The third-order valence-corrected chi connectivity index (χ3v) is 5.81. The first-order valence-electron chi connectivity index (χ1n) is 7.09. The number of hydrogen-bond acceptors (Lipinski definition) is 5. The number of aliphatic hydroxyl groups excluding tert-OH is 1. The predicted octanol–water partition coefficient (Wildman–Crippen LogP) is 0.934. The van der Waals surface area contributed by atoms with Gasteiger partial charge in [-0.15, -0.1) is 0 Å². The van der Waals surface area contributed by atoms with Gasteiger partial charge >= 0.3 is 5.97 Å². The van der Waals surface area contributed by atoms with E-state index in [0.29, 0.717) is 12.8 Å². The second-order valence-corrected chi connectivity index (χ2v) is 6.61. The SMILES string of the molecule is CC1=C2[C@@H](O)[C@@]3(C)[C@H](CCC(=O)[C@@H]3C)C[C@]2(O)OC1=O. The molecule has 2 N–H and O–H groups in total. The van der Waals surface area contributed by atoms with E-state index in [9.17, 15) is 19.8 Å². The van der Waals surface area contributed by atoms with Crippen LogP contribution in [0.1, 0.15) is 40.0 Å². The molecule has 5 nitrogen and oxygen atoms in total. The van der Waals surface area contributed by atoms with Crippen LogP contribution in [0.4, 0.5) is 0 Å². The number of Topliss-reactive ketones (excluding diaryl/α,β-unsaturated/α-hetero) is 1. The number of fused-ring (bicyclic) bond motifs is 2. The molecule has 5 atom stereocenters. The van der Waals surface area contributed by atoms with Gasteiger partial charge in [0.15, 0.2) is 0 Å². The Morgan fingerprint density at radius 2 is 2.00 bits per heavy atom. The highest BCUT2D eigenvalue weighted by Crippen LogP contribution is 2.58. The highest BCUT2D eigenvalue weighted by Gasteiger charge is 2.63. The van der Waals surface area contributed by atoms with Crippen LogP contribution in [0, 0.1) is 17.3 Å². The summed E-state index contributed by atoms with van der Waals surface area (Å²) in [6, 6.07) is 0. The van der Waals surface area contributed by atoms with Crippen LogP contribution in [0.5, 0.6) is 0 Å². The Kier molecular flexibility index (Phi) is 2.70. The van der Waals surface area contributed by atoms with Crippen LogP contribution in [0.2, 0.25) is 0 Å². The van der Waals surface area contributed by atoms with Crippen molar-refractivity contribution in [1.29, 1.82) is 0 Å². The van der Waals surface area contributed by atoms with E-state index in [2.05, 4.69) is 0 Å². The van der Waals surface area contributed by atoms with Crippen LogP contribution in [-0.4, -0.2) is 33.9 Å². The summed E-state index contributed by atoms with van der Waals surface area (Å²) in [5.41, 5.74) is -0.126. The van der Waals surface area contributed by atoms with Crippen LogP contribution < -0.4 is 0 Å². The van der Waals surface area contributed by atoms with Gasteiger partial charge in [-0.3, -0.25) is 4.79 Å². The summed E-state index contributed by atoms with van der Waals surface area (Å²) in [6.07, 6.45) is 0.298. The number of carbonyl (C=O) groups excluding carboxylic acids is 2. The third-order valence-electron chi connectivity index (χ3n) is 5.81. The van der Waals surface area contributed by atoms with Gasteiger partial charge < -0.3 is 14.9 Å². The molecule has 0 saturated heterocycles. The zero-order valence-corrected chi connectivity index (χ0v) is 12.0. The largest absolute Gasteiger partial charge is 0.426 e. The van der Waals surface area contributed by atoms with E-state index in [-0.39, 0.29) is 35.2 Å². The van der Waals surface area contributed by atoms with Crippen molar-refractivity contribution in [1.82, 2.24) is 0 Å². The number of aliphatic hydroxyl groups is 2. The molecule has 20 heavy (non-hydrogen) atoms. The monoisotopic (exact) mass is 280 g/mol. The standard InChI is InChI=1S/C15H20O5/c1-7-11-12(17)14(3)8(2)10(16)5-4-9(14)6-15(11,19)20-13(7)18/h8-9,12,17,19H,4-6H2,1-3H3/t8-,9+,12+,14+,15-/m0/s1. The number of hydrogen-bond donors (Lipinski definition) is 2. The fraction of sp³-hybridized carbons (Fsp3) is 0.733. The Hall–Kier alpha value is -1.20. The predicted molar refractivity (Wildman–Crippen MR) is 69.4 cm³/mol. The lowest BCUT2D eigenvalue weighted by Crippen LogP contribution is -2.59. The van der Waals surface area contributed by atoms with Crippen LogP contribution in [0.3, 0.4) is 0 Å². The van der Waals surface area contributed by atoms with Gasteiger partial charge in [0.2, 0.25) is 5.79 Å². The average Bonchev–Trinajstić information content (AvgIpc) is 2.60. The Labute approximate surface area is 117 Å². The lowest BCUT2D eigenvalue weighted by atomic mass is 9.52. The van der Waals surface area contributed by atoms with Crippen molar-refractivity contribution in [2.75, 3.05) is 0 Å². The minimum atomic E-state index is -1.69. The molecule has 0 unspecified atom stereocenters. The van der Waals surface area contributed by atoms with Crippen molar-refractivity contribution in [2.45, 2.75) is 51.9 Å². The quantitative estimate of drug-likeness (QED) is 0.645. The molecule has 0 spiro atoms. The van der Waals surface area contributed by atoms with Crippen molar-refractivity contribution in [3.05, 3.63) is 11.1 Å². The minimum Gasteiger partial charge on any atom is -0.426 e. The van der Waals surface area contributed by atoms with Crippen molar-refractivity contribution < 1.29 is 24.5 Å². The molecule has 1 heterocycles. The summed E-state index contributed by atoms with van der Waals surface area (Å²) in [5.74, 6) is -2.47. The Morgan fingerprint density at radius 3 is 2.65 bits per heavy atom. The summed E-state index contributed by atoms with van der Waals surface area (Å²) in [6.45, 7) is 5.26. The van der Waals surface area contributed by atoms with Gasteiger partial charge in [-0.1, -0.05) is 13.8 Å². The first-order chi connectivity index (χ1) is 9.21. The van der Waals surface area contributed by atoms with Gasteiger partial charge in [0, 0.05) is 35.3 Å². The molecule has 2 saturated carbocycles. The number of rotatable bonds is 0. The molecule has 0 aromatic heterocycles. The van der Waals surface area contributed by atoms with Crippen LogP contribution in [-0.2, 0) is 14.3 Å². The van der Waals surface area contributed by atoms with Gasteiger partial charge in [0.25, 0.3) is 0 Å². The Bertz CT molecular complexity index is 536. The molecule has 0 amide bonds. The van der Waals surface area contributed by atoms with E-state index in [4.69, 9.17) is 4.74 Å². The van der Waals surface area contributed by atoms with Crippen LogP contribution in [0.15, 0.2) is 11.1 Å². The molecule has 0 radical (unpaired) electrons. The fourth-order valence-corrected chi connectivity index (χ4v) is 4.23. The van der Waals surface area contributed by atoms with E-state index in [1.807, 2.05) is 13.8 Å². The van der Waals surface area contributed by atoms with Crippen LogP contribution in [0.25, 0.3) is 0 Å². The molecule has 5 heteroatoms. The molecule has 110 valence electrons. The lowest BCUT2D eigenvalue weighted by Gasteiger charge is -2.54. The molecule has 3 aliphatic rings. The van der Waals surface area contributed by atoms with Crippen molar-refractivity contribution in [3.63, 3.8) is 0 Å². The van der Waals surface area contributed by atoms with Gasteiger partial charge in [-0.2, -0.15) is 0 Å². The molecule has 0 bridgehead atoms. The van der Waals surface area contributed by atoms with Gasteiger partial charge in [-0.05, 0) is 19.3 Å². The molecule has 3 rings (SSSR count). The normalized spacial score (nSPS) is 48.0. The summed E-state index contributed by atoms with van der Waals surface area (Å²) in [4.78, 5) is 23.8. The van der Waals surface area contributed by atoms with Crippen molar-refractivity contribution in [2.24, 2.45) is 17.3 Å². The summed E-state index contributed by atoms with van der Waals surface area (Å²) in [7, 11) is 0. The highest BCUT2D eigenvalue weighted by molar-refractivity contribution is 5.93. The third kappa shape index (κ3) is 1.45. The van der Waals surface area contributed by atoms with E-state index < -0.39 is 23.3 Å². The summed E-state index contributed by atoms with van der Waals surface area (Å²) >= 11 is 0. The zero-order valence-electron chi connectivity index (χ0n) is 12.0. The average molecular weight is 280 g/mol. The zero-order chi connectivity index (χ0) is 14.9. The molecule has 2 fully saturated rings. The fourth-order valence-electron chi connectivity index (χ4n) is 4.23. The number of ether oxygens (including phenoxy) is 1. The van der Waals surface area contributed by atoms with Gasteiger partial charge in [-0.25, -0.2) is 4.79 Å². The first kappa shape index (κ1) is 13.8. The number of esters is 1. The molecule has 1 aliphatic heterocycles. The maximum Gasteiger partial charge on any atom is 0.336 e. The highest BCUT2D eigenvalue weighted by atomic mass is 16.7. The smallest absolute Gasteiger partial charge is 0.336 e. The second-order valence-electron chi connectivity index (χ2n) is 6.61.